The van der Waals surface area contributed by atoms with Crippen LogP contribution in [0.25, 0.3) is 11.0 Å². The molecule has 1 aromatic carbocycles. The van der Waals surface area contributed by atoms with E-state index in [-0.39, 0.29) is 0 Å². The molecule has 2 aromatic rings. The minimum absolute atomic E-state index is 0.518. The molecule has 0 aliphatic rings. The second-order valence-corrected chi connectivity index (χ2v) is 4.58. The number of aryl methyl sites for hydroxylation is 2. The minimum atomic E-state index is 0.518. The van der Waals surface area contributed by atoms with Crippen molar-refractivity contribution in [2.24, 2.45) is 7.05 Å². The lowest BCUT2D eigenvalue weighted by Gasteiger charge is -2.08. The van der Waals surface area contributed by atoms with Gasteiger partial charge in [-0.2, -0.15) is 0 Å². The van der Waals surface area contributed by atoms with Gasteiger partial charge in [0, 0.05) is 19.6 Å². The van der Waals surface area contributed by atoms with Crippen molar-refractivity contribution in [3.05, 3.63) is 29.6 Å². The standard InChI is InChI=1S/C13H19N3/c1-9(2)14-8-11-5-6-12-13(7-11)16(4)10(3)15-12/h5-7,9,14H,8H2,1-4H3. The van der Waals surface area contributed by atoms with Gasteiger partial charge in [-0.3, -0.25) is 0 Å². The van der Waals surface area contributed by atoms with Crippen molar-refractivity contribution in [1.82, 2.24) is 14.9 Å². The number of rotatable bonds is 3. The maximum atomic E-state index is 4.49. The summed E-state index contributed by atoms with van der Waals surface area (Å²) in [5.41, 5.74) is 3.60. The molecule has 3 heteroatoms. The average molecular weight is 217 g/mol. The van der Waals surface area contributed by atoms with Gasteiger partial charge in [0.15, 0.2) is 0 Å². The molecule has 1 aromatic heterocycles. The third-order valence-corrected chi connectivity index (χ3v) is 2.88. The van der Waals surface area contributed by atoms with Gasteiger partial charge in [-0.05, 0) is 24.6 Å². The molecule has 0 atom stereocenters. The highest BCUT2D eigenvalue weighted by Crippen LogP contribution is 2.16. The zero-order chi connectivity index (χ0) is 11.7. The first-order valence-electron chi connectivity index (χ1n) is 5.73. The van der Waals surface area contributed by atoms with Crippen molar-refractivity contribution < 1.29 is 0 Å². The number of nitrogens with one attached hydrogen (secondary N) is 1. The lowest BCUT2D eigenvalue weighted by atomic mass is 10.2. The Morgan fingerprint density at radius 2 is 2.12 bits per heavy atom. The molecular formula is C13H19N3. The Bertz CT molecular complexity index is 497. The summed E-state index contributed by atoms with van der Waals surface area (Å²) < 4.78 is 2.13. The summed E-state index contributed by atoms with van der Waals surface area (Å²) in [6, 6.07) is 6.97. The molecule has 2 rings (SSSR count). The molecule has 0 unspecified atom stereocenters. The molecule has 0 fully saturated rings. The lowest BCUT2D eigenvalue weighted by molar-refractivity contribution is 0.589. The van der Waals surface area contributed by atoms with E-state index in [0.717, 1.165) is 17.9 Å². The van der Waals surface area contributed by atoms with Gasteiger partial charge in [-0.25, -0.2) is 4.98 Å². The third kappa shape index (κ3) is 2.09. The van der Waals surface area contributed by atoms with Crippen LogP contribution in [-0.2, 0) is 13.6 Å². The highest BCUT2D eigenvalue weighted by atomic mass is 15.0. The van der Waals surface area contributed by atoms with Crippen LogP contribution in [0.3, 0.4) is 0 Å². The predicted molar refractivity (Wildman–Crippen MR) is 67.4 cm³/mol. The molecule has 0 spiro atoms. The van der Waals surface area contributed by atoms with Crippen molar-refractivity contribution in [3.63, 3.8) is 0 Å². The smallest absolute Gasteiger partial charge is 0.106 e. The molecule has 1 heterocycles. The Hall–Kier alpha value is -1.35. The SMILES string of the molecule is Cc1nc2ccc(CNC(C)C)cc2n1C. The molecule has 0 radical (unpaired) electrons. The number of hydrogen-bond acceptors (Lipinski definition) is 2. The third-order valence-electron chi connectivity index (χ3n) is 2.88. The van der Waals surface area contributed by atoms with Gasteiger partial charge in [0.05, 0.1) is 11.0 Å². The summed E-state index contributed by atoms with van der Waals surface area (Å²) in [4.78, 5) is 4.49. The van der Waals surface area contributed by atoms with Crippen molar-refractivity contribution in [2.45, 2.75) is 33.4 Å². The quantitative estimate of drug-likeness (QED) is 0.855. The van der Waals surface area contributed by atoms with Gasteiger partial charge in [-0.1, -0.05) is 19.9 Å². The van der Waals surface area contributed by atoms with Crippen LogP contribution in [0.5, 0.6) is 0 Å². The van der Waals surface area contributed by atoms with Gasteiger partial charge in [-0.15, -0.1) is 0 Å². The fourth-order valence-corrected chi connectivity index (χ4v) is 1.79. The number of hydrogen-bond donors (Lipinski definition) is 1. The summed E-state index contributed by atoms with van der Waals surface area (Å²) in [5.74, 6) is 1.06. The van der Waals surface area contributed by atoms with Crippen molar-refractivity contribution >= 4 is 11.0 Å². The summed E-state index contributed by atoms with van der Waals surface area (Å²) in [5, 5.41) is 3.42. The summed E-state index contributed by atoms with van der Waals surface area (Å²) in [6.45, 7) is 7.27. The molecule has 0 saturated carbocycles. The second kappa shape index (κ2) is 4.26. The average Bonchev–Trinajstić information content (AvgIpc) is 2.52. The number of benzene rings is 1. The van der Waals surface area contributed by atoms with E-state index in [1.165, 1.54) is 11.1 Å². The Morgan fingerprint density at radius 1 is 1.38 bits per heavy atom. The van der Waals surface area contributed by atoms with Gasteiger partial charge >= 0.3 is 0 Å². The molecule has 86 valence electrons. The second-order valence-electron chi connectivity index (χ2n) is 4.58. The zero-order valence-corrected chi connectivity index (χ0v) is 10.4. The zero-order valence-electron chi connectivity index (χ0n) is 10.4. The van der Waals surface area contributed by atoms with E-state index >= 15 is 0 Å². The van der Waals surface area contributed by atoms with Crippen LogP contribution in [0.1, 0.15) is 25.2 Å². The first-order valence-corrected chi connectivity index (χ1v) is 5.73. The van der Waals surface area contributed by atoms with E-state index in [1.54, 1.807) is 0 Å². The Labute approximate surface area is 96.5 Å². The van der Waals surface area contributed by atoms with Crippen molar-refractivity contribution in [3.8, 4) is 0 Å². The number of fused-ring (bicyclic) bond motifs is 1. The molecule has 0 saturated heterocycles. The van der Waals surface area contributed by atoms with Crippen LogP contribution in [0.2, 0.25) is 0 Å². The Morgan fingerprint density at radius 3 is 2.81 bits per heavy atom. The predicted octanol–water partition coefficient (Wildman–Crippen LogP) is 2.38. The van der Waals surface area contributed by atoms with Gasteiger partial charge in [0.2, 0.25) is 0 Å². The maximum absolute atomic E-state index is 4.49. The van der Waals surface area contributed by atoms with Crippen LogP contribution in [0, 0.1) is 6.92 Å². The largest absolute Gasteiger partial charge is 0.331 e. The first-order chi connectivity index (χ1) is 7.58. The van der Waals surface area contributed by atoms with Crippen molar-refractivity contribution in [1.29, 1.82) is 0 Å². The molecule has 16 heavy (non-hydrogen) atoms. The van der Waals surface area contributed by atoms with Crippen LogP contribution in [0.4, 0.5) is 0 Å². The van der Waals surface area contributed by atoms with Gasteiger partial charge in [0.1, 0.15) is 5.82 Å². The van der Waals surface area contributed by atoms with E-state index in [4.69, 9.17) is 0 Å². The normalized spacial score (nSPS) is 11.6. The van der Waals surface area contributed by atoms with E-state index in [0.29, 0.717) is 6.04 Å². The topological polar surface area (TPSA) is 29.9 Å². The van der Waals surface area contributed by atoms with E-state index in [2.05, 4.69) is 54.0 Å². The molecular weight excluding hydrogens is 198 g/mol. The molecule has 0 aliphatic heterocycles. The van der Waals surface area contributed by atoms with E-state index in [1.807, 2.05) is 6.92 Å². The van der Waals surface area contributed by atoms with Crippen LogP contribution in [0.15, 0.2) is 18.2 Å². The fraction of sp³-hybridized carbons (Fsp3) is 0.462. The summed E-state index contributed by atoms with van der Waals surface area (Å²) >= 11 is 0. The van der Waals surface area contributed by atoms with E-state index < -0.39 is 0 Å². The molecule has 0 amide bonds. The van der Waals surface area contributed by atoms with Crippen LogP contribution in [-0.4, -0.2) is 15.6 Å². The van der Waals surface area contributed by atoms with Crippen LogP contribution >= 0.6 is 0 Å². The highest BCUT2D eigenvalue weighted by Gasteiger charge is 2.04. The fourth-order valence-electron chi connectivity index (χ4n) is 1.79. The number of aromatic nitrogens is 2. The molecule has 1 N–H and O–H groups in total. The Kier molecular flexibility index (Phi) is 2.97. The lowest BCUT2D eigenvalue weighted by Crippen LogP contribution is -2.21. The maximum Gasteiger partial charge on any atom is 0.106 e. The molecule has 0 aliphatic carbocycles. The monoisotopic (exact) mass is 217 g/mol. The van der Waals surface area contributed by atoms with Crippen molar-refractivity contribution in [2.75, 3.05) is 0 Å². The molecule has 3 nitrogen and oxygen atoms in total. The number of imidazole rings is 1. The Balaban J connectivity index is 2.32. The summed E-state index contributed by atoms with van der Waals surface area (Å²) in [6.07, 6.45) is 0. The molecule has 0 bridgehead atoms. The van der Waals surface area contributed by atoms with Gasteiger partial charge in [0.25, 0.3) is 0 Å². The summed E-state index contributed by atoms with van der Waals surface area (Å²) in [7, 11) is 2.06. The van der Waals surface area contributed by atoms with E-state index in [9.17, 15) is 0 Å². The van der Waals surface area contributed by atoms with Crippen LogP contribution < -0.4 is 5.32 Å². The number of nitrogens with zero attached hydrogens (tertiary/aromatic N) is 2. The minimum Gasteiger partial charge on any atom is -0.331 e. The first kappa shape index (κ1) is 11.1. The highest BCUT2D eigenvalue weighted by molar-refractivity contribution is 5.76. The van der Waals surface area contributed by atoms with Gasteiger partial charge < -0.3 is 9.88 Å².